The van der Waals surface area contributed by atoms with Gasteiger partial charge in [-0.2, -0.15) is 0 Å². The molecule has 0 unspecified atom stereocenters. The van der Waals surface area contributed by atoms with Crippen LogP contribution in [0.1, 0.15) is 12.0 Å². The third-order valence-corrected chi connectivity index (χ3v) is 2.92. The van der Waals surface area contributed by atoms with Gasteiger partial charge in [0, 0.05) is 5.57 Å². The van der Waals surface area contributed by atoms with Crippen LogP contribution in [-0.2, 0) is 9.59 Å². The van der Waals surface area contributed by atoms with E-state index in [0.29, 0.717) is 28.4 Å². The second-order valence-corrected chi connectivity index (χ2v) is 4.18. The molecule has 6 nitrogen and oxygen atoms in total. The fourth-order valence-electron chi connectivity index (χ4n) is 2.01. The molecule has 1 saturated heterocycles. The summed E-state index contributed by atoms with van der Waals surface area (Å²) in [5, 5.41) is 2.23. The number of amides is 2. The molecule has 1 aromatic rings. The first-order valence-electron chi connectivity index (χ1n) is 5.93. The van der Waals surface area contributed by atoms with Gasteiger partial charge in [0.05, 0.1) is 27.8 Å². The standard InChI is InChI=1S/C14H15NO5/c1-18-10-5-8(6-11(19-2)13(10)20-3)4-9-7-12(16)15-14(9)17/h4-6H,7H2,1-3H3,(H,15,16,17)/b9-4+. The maximum Gasteiger partial charge on any atom is 0.254 e. The molecular formula is C14H15NO5. The zero-order valence-corrected chi connectivity index (χ0v) is 11.5. The minimum absolute atomic E-state index is 0.0789. The van der Waals surface area contributed by atoms with E-state index in [9.17, 15) is 9.59 Å². The number of rotatable bonds is 4. The minimum Gasteiger partial charge on any atom is -0.493 e. The van der Waals surface area contributed by atoms with Crippen LogP contribution in [0.5, 0.6) is 17.2 Å². The summed E-state index contributed by atoms with van der Waals surface area (Å²) in [6.45, 7) is 0. The Labute approximate surface area is 116 Å². The predicted molar refractivity (Wildman–Crippen MR) is 71.8 cm³/mol. The topological polar surface area (TPSA) is 73.9 Å². The molecule has 0 saturated carbocycles. The molecule has 106 valence electrons. The summed E-state index contributed by atoms with van der Waals surface area (Å²) < 4.78 is 15.7. The molecule has 1 aromatic carbocycles. The van der Waals surface area contributed by atoms with E-state index in [2.05, 4.69) is 5.32 Å². The average molecular weight is 277 g/mol. The molecular weight excluding hydrogens is 262 g/mol. The minimum atomic E-state index is -0.372. The maximum absolute atomic E-state index is 11.5. The Morgan fingerprint density at radius 2 is 1.65 bits per heavy atom. The molecule has 6 heteroatoms. The van der Waals surface area contributed by atoms with Crippen molar-refractivity contribution in [2.24, 2.45) is 0 Å². The Hall–Kier alpha value is -2.50. The van der Waals surface area contributed by atoms with E-state index in [1.807, 2.05) is 0 Å². The summed E-state index contributed by atoms with van der Waals surface area (Å²) in [7, 11) is 4.54. The monoisotopic (exact) mass is 277 g/mol. The summed E-state index contributed by atoms with van der Waals surface area (Å²) >= 11 is 0. The molecule has 0 spiro atoms. The van der Waals surface area contributed by atoms with Gasteiger partial charge in [-0.1, -0.05) is 0 Å². The second-order valence-electron chi connectivity index (χ2n) is 4.18. The first-order chi connectivity index (χ1) is 9.58. The van der Waals surface area contributed by atoms with Crippen molar-refractivity contribution in [1.29, 1.82) is 0 Å². The summed E-state index contributed by atoms with van der Waals surface area (Å²) in [6, 6.07) is 3.43. The molecule has 20 heavy (non-hydrogen) atoms. The molecule has 2 amide bonds. The highest BCUT2D eigenvalue weighted by Crippen LogP contribution is 2.38. The molecule has 1 fully saturated rings. The first-order valence-corrected chi connectivity index (χ1v) is 5.93. The number of imide groups is 1. The quantitative estimate of drug-likeness (QED) is 0.660. The highest BCUT2D eigenvalue weighted by molar-refractivity contribution is 6.15. The number of methoxy groups -OCH3 is 3. The van der Waals surface area contributed by atoms with Crippen molar-refractivity contribution < 1.29 is 23.8 Å². The summed E-state index contributed by atoms with van der Waals surface area (Å²) in [5.74, 6) is 0.786. The van der Waals surface area contributed by atoms with Crippen LogP contribution < -0.4 is 19.5 Å². The van der Waals surface area contributed by atoms with Crippen molar-refractivity contribution in [2.45, 2.75) is 6.42 Å². The first kappa shape index (κ1) is 13.9. The van der Waals surface area contributed by atoms with Crippen molar-refractivity contribution in [3.63, 3.8) is 0 Å². The average Bonchev–Trinajstić information content (AvgIpc) is 2.75. The lowest BCUT2D eigenvalue weighted by molar-refractivity contribution is -0.124. The van der Waals surface area contributed by atoms with Gasteiger partial charge in [0.1, 0.15) is 0 Å². The predicted octanol–water partition coefficient (Wildman–Crippen LogP) is 1.14. The lowest BCUT2D eigenvalue weighted by Gasteiger charge is -2.13. The van der Waals surface area contributed by atoms with Crippen LogP contribution in [0, 0.1) is 0 Å². The largest absolute Gasteiger partial charge is 0.493 e. The Balaban J connectivity index is 2.45. The molecule has 1 aliphatic rings. The van der Waals surface area contributed by atoms with E-state index < -0.39 is 0 Å². The molecule has 1 N–H and O–H groups in total. The van der Waals surface area contributed by atoms with Crippen LogP contribution in [0.4, 0.5) is 0 Å². The summed E-state index contributed by atoms with van der Waals surface area (Å²) in [6.07, 6.45) is 1.71. The Morgan fingerprint density at radius 3 is 2.05 bits per heavy atom. The normalized spacial score (nSPS) is 16.2. The lowest BCUT2D eigenvalue weighted by Crippen LogP contribution is -2.19. The fraction of sp³-hybridized carbons (Fsp3) is 0.286. The molecule has 0 radical (unpaired) electrons. The lowest BCUT2D eigenvalue weighted by atomic mass is 10.1. The van der Waals surface area contributed by atoms with Crippen molar-refractivity contribution in [3.05, 3.63) is 23.3 Å². The molecule has 0 atom stereocenters. The van der Waals surface area contributed by atoms with Crippen molar-refractivity contribution in [3.8, 4) is 17.2 Å². The van der Waals surface area contributed by atoms with Gasteiger partial charge in [0.2, 0.25) is 11.7 Å². The number of carbonyl (C=O) groups is 2. The van der Waals surface area contributed by atoms with Gasteiger partial charge < -0.3 is 14.2 Å². The van der Waals surface area contributed by atoms with Gasteiger partial charge in [-0.05, 0) is 23.8 Å². The van der Waals surface area contributed by atoms with Crippen LogP contribution >= 0.6 is 0 Å². The van der Waals surface area contributed by atoms with Gasteiger partial charge in [-0.25, -0.2) is 0 Å². The fourth-order valence-corrected chi connectivity index (χ4v) is 2.01. The van der Waals surface area contributed by atoms with E-state index >= 15 is 0 Å². The van der Waals surface area contributed by atoms with E-state index in [1.165, 1.54) is 21.3 Å². The van der Waals surface area contributed by atoms with Gasteiger partial charge in [0.25, 0.3) is 5.91 Å². The summed E-state index contributed by atoms with van der Waals surface area (Å²) in [4.78, 5) is 22.7. The number of benzene rings is 1. The highest BCUT2D eigenvalue weighted by atomic mass is 16.5. The van der Waals surface area contributed by atoms with E-state index in [0.717, 1.165) is 0 Å². The highest BCUT2D eigenvalue weighted by Gasteiger charge is 2.24. The molecule has 1 heterocycles. The van der Waals surface area contributed by atoms with Gasteiger partial charge in [0.15, 0.2) is 11.5 Å². The molecule has 1 aliphatic heterocycles. The van der Waals surface area contributed by atoms with Crippen LogP contribution in [-0.4, -0.2) is 33.1 Å². The number of nitrogens with one attached hydrogen (secondary N) is 1. The van der Waals surface area contributed by atoms with Gasteiger partial charge in [-0.15, -0.1) is 0 Å². The third-order valence-electron chi connectivity index (χ3n) is 2.92. The number of carbonyl (C=O) groups excluding carboxylic acids is 2. The molecule has 0 aliphatic carbocycles. The summed E-state index contributed by atoms with van der Waals surface area (Å²) in [5.41, 5.74) is 1.10. The van der Waals surface area contributed by atoms with Gasteiger partial charge >= 0.3 is 0 Å². The third kappa shape index (κ3) is 2.59. The Kier molecular flexibility index (Phi) is 3.93. The smallest absolute Gasteiger partial charge is 0.254 e. The number of hydrogen-bond acceptors (Lipinski definition) is 5. The number of ether oxygens (including phenoxy) is 3. The van der Waals surface area contributed by atoms with Crippen molar-refractivity contribution in [2.75, 3.05) is 21.3 Å². The zero-order valence-electron chi connectivity index (χ0n) is 11.5. The van der Waals surface area contributed by atoms with E-state index in [1.54, 1.807) is 18.2 Å². The number of hydrogen-bond donors (Lipinski definition) is 1. The SMILES string of the molecule is COc1cc(/C=C2\CC(=O)NC2=O)cc(OC)c1OC. The Bertz CT molecular complexity index is 566. The van der Waals surface area contributed by atoms with Crippen LogP contribution in [0.3, 0.4) is 0 Å². The van der Waals surface area contributed by atoms with E-state index in [-0.39, 0.29) is 18.2 Å². The van der Waals surface area contributed by atoms with Crippen LogP contribution in [0.2, 0.25) is 0 Å². The van der Waals surface area contributed by atoms with Gasteiger partial charge in [-0.3, -0.25) is 14.9 Å². The molecule has 0 bridgehead atoms. The maximum atomic E-state index is 11.5. The van der Waals surface area contributed by atoms with E-state index in [4.69, 9.17) is 14.2 Å². The molecule has 0 aromatic heterocycles. The van der Waals surface area contributed by atoms with Crippen molar-refractivity contribution in [1.82, 2.24) is 5.32 Å². The van der Waals surface area contributed by atoms with Crippen molar-refractivity contribution >= 4 is 17.9 Å². The molecule has 2 rings (SSSR count). The second kappa shape index (κ2) is 5.64. The van der Waals surface area contributed by atoms with Crippen LogP contribution in [0.15, 0.2) is 17.7 Å². The Morgan fingerprint density at radius 1 is 1.05 bits per heavy atom. The van der Waals surface area contributed by atoms with Crippen LogP contribution in [0.25, 0.3) is 6.08 Å². The zero-order chi connectivity index (χ0) is 14.7.